The van der Waals surface area contributed by atoms with E-state index in [4.69, 9.17) is 0 Å². The maximum atomic E-state index is 4.33. The molecule has 0 unspecified atom stereocenters. The molecule has 2 aromatic rings. The molecule has 4 rings (SSSR count). The fraction of sp³-hybridized carbons (Fsp3) is 0.500. The molecule has 2 aliphatic heterocycles. The molecule has 3 heteroatoms. The maximum absolute atomic E-state index is 4.33. The lowest BCUT2D eigenvalue weighted by molar-refractivity contribution is 0.0284. The Balaban J connectivity index is 1.43. The van der Waals surface area contributed by atoms with Gasteiger partial charge in [-0.15, -0.1) is 0 Å². The van der Waals surface area contributed by atoms with Gasteiger partial charge < -0.3 is 4.90 Å². The number of benzene rings is 1. The van der Waals surface area contributed by atoms with Crippen LogP contribution in [-0.4, -0.2) is 48.0 Å². The van der Waals surface area contributed by atoms with Crippen molar-refractivity contribution in [2.75, 3.05) is 33.2 Å². The Morgan fingerprint density at radius 2 is 1.88 bits per heavy atom. The van der Waals surface area contributed by atoms with Gasteiger partial charge in [-0.05, 0) is 61.9 Å². The van der Waals surface area contributed by atoms with Crippen molar-refractivity contribution in [2.45, 2.75) is 38.1 Å². The van der Waals surface area contributed by atoms with Gasteiger partial charge in [0, 0.05) is 44.1 Å². The molecular weight excluding hydrogens is 306 g/mol. The predicted octanol–water partition coefficient (Wildman–Crippen LogP) is 3.41. The van der Waals surface area contributed by atoms with E-state index in [0.29, 0.717) is 0 Å². The number of fused-ring (bicyclic) bond motifs is 2. The second-order valence-electron chi connectivity index (χ2n) is 7.82. The topological polar surface area (TPSA) is 19.4 Å². The van der Waals surface area contributed by atoms with Crippen LogP contribution in [0.25, 0.3) is 0 Å². The molecule has 0 bridgehead atoms. The zero-order chi connectivity index (χ0) is 17.3. The van der Waals surface area contributed by atoms with Gasteiger partial charge in [-0.1, -0.05) is 30.3 Å². The SMILES string of the molecule is Cc1cncc(CCN2CCC3(CC2)c2ccccc2CCN3C)c1. The predicted molar refractivity (Wildman–Crippen MR) is 103 cm³/mol. The smallest absolute Gasteiger partial charge is 0.0484 e. The van der Waals surface area contributed by atoms with Crippen LogP contribution in [0.4, 0.5) is 0 Å². The van der Waals surface area contributed by atoms with Crippen LogP contribution < -0.4 is 0 Å². The largest absolute Gasteiger partial charge is 0.303 e. The molecule has 0 saturated carbocycles. The quantitative estimate of drug-likeness (QED) is 0.857. The van der Waals surface area contributed by atoms with Crippen molar-refractivity contribution in [3.05, 3.63) is 65.0 Å². The number of nitrogens with zero attached hydrogens (tertiary/aromatic N) is 3. The van der Waals surface area contributed by atoms with Crippen LogP contribution in [-0.2, 0) is 18.4 Å². The van der Waals surface area contributed by atoms with Gasteiger partial charge in [-0.2, -0.15) is 0 Å². The van der Waals surface area contributed by atoms with Gasteiger partial charge in [0.1, 0.15) is 0 Å². The Morgan fingerprint density at radius 1 is 1.08 bits per heavy atom. The molecule has 0 amide bonds. The summed E-state index contributed by atoms with van der Waals surface area (Å²) in [6.45, 7) is 6.84. The lowest BCUT2D eigenvalue weighted by atomic mass is 9.74. The lowest BCUT2D eigenvalue weighted by Crippen LogP contribution is -2.54. The molecular formula is C22H29N3. The first-order valence-corrected chi connectivity index (χ1v) is 9.60. The summed E-state index contributed by atoms with van der Waals surface area (Å²) >= 11 is 0. The minimum Gasteiger partial charge on any atom is -0.303 e. The highest BCUT2D eigenvalue weighted by Crippen LogP contribution is 2.42. The standard InChI is InChI=1S/C22H29N3/c1-18-15-19(17-23-16-18)7-12-25-13-9-22(10-14-25)21-6-4-3-5-20(21)8-11-24(22)2/h3-6,15-17H,7-14H2,1-2H3. The zero-order valence-electron chi connectivity index (χ0n) is 15.5. The summed E-state index contributed by atoms with van der Waals surface area (Å²) in [7, 11) is 2.32. The first kappa shape index (κ1) is 16.7. The summed E-state index contributed by atoms with van der Waals surface area (Å²) in [5, 5.41) is 0. The Labute approximate surface area is 151 Å². The molecule has 2 aliphatic rings. The molecule has 25 heavy (non-hydrogen) atoms. The fourth-order valence-electron chi connectivity index (χ4n) is 4.74. The average molecular weight is 335 g/mol. The van der Waals surface area contributed by atoms with Gasteiger partial charge >= 0.3 is 0 Å². The van der Waals surface area contributed by atoms with Gasteiger partial charge in [0.2, 0.25) is 0 Å². The number of aryl methyl sites for hydroxylation is 1. The van der Waals surface area contributed by atoms with Crippen LogP contribution in [0.5, 0.6) is 0 Å². The second kappa shape index (κ2) is 6.89. The van der Waals surface area contributed by atoms with Crippen LogP contribution >= 0.6 is 0 Å². The number of aromatic nitrogens is 1. The van der Waals surface area contributed by atoms with Crippen molar-refractivity contribution >= 4 is 0 Å². The van der Waals surface area contributed by atoms with E-state index in [9.17, 15) is 0 Å². The zero-order valence-corrected chi connectivity index (χ0v) is 15.5. The first-order valence-electron chi connectivity index (χ1n) is 9.60. The normalized spacial score (nSPS) is 20.6. The molecule has 1 aromatic carbocycles. The summed E-state index contributed by atoms with van der Waals surface area (Å²) in [5.74, 6) is 0. The first-order chi connectivity index (χ1) is 12.2. The maximum Gasteiger partial charge on any atom is 0.0484 e. The highest BCUT2D eigenvalue weighted by molar-refractivity contribution is 5.37. The summed E-state index contributed by atoms with van der Waals surface area (Å²) in [6.07, 6.45) is 8.74. The van der Waals surface area contributed by atoms with E-state index in [-0.39, 0.29) is 5.54 Å². The van der Waals surface area contributed by atoms with Crippen molar-refractivity contribution in [3.63, 3.8) is 0 Å². The van der Waals surface area contributed by atoms with Crippen LogP contribution in [0.15, 0.2) is 42.7 Å². The molecule has 0 radical (unpaired) electrons. The average Bonchev–Trinajstić information content (AvgIpc) is 2.65. The Hall–Kier alpha value is -1.71. The van der Waals surface area contributed by atoms with Crippen LogP contribution in [0.2, 0.25) is 0 Å². The van der Waals surface area contributed by atoms with Crippen molar-refractivity contribution in [1.82, 2.24) is 14.8 Å². The minimum absolute atomic E-state index is 0.260. The second-order valence-corrected chi connectivity index (χ2v) is 7.82. The van der Waals surface area contributed by atoms with Crippen molar-refractivity contribution in [1.29, 1.82) is 0 Å². The van der Waals surface area contributed by atoms with Gasteiger partial charge in [0.05, 0.1) is 0 Å². The molecule has 1 spiro atoms. The molecule has 1 saturated heterocycles. The molecule has 0 atom stereocenters. The third-order valence-corrected chi connectivity index (χ3v) is 6.30. The number of likely N-dealkylation sites (N-methyl/N-ethyl adjacent to an activating group) is 1. The summed E-state index contributed by atoms with van der Waals surface area (Å²) in [5.41, 5.74) is 6.04. The van der Waals surface area contributed by atoms with E-state index in [1.54, 1.807) is 11.1 Å². The van der Waals surface area contributed by atoms with E-state index in [0.717, 1.165) is 13.0 Å². The van der Waals surface area contributed by atoms with Gasteiger partial charge in [-0.3, -0.25) is 9.88 Å². The van der Waals surface area contributed by atoms with E-state index in [2.05, 4.69) is 59.1 Å². The van der Waals surface area contributed by atoms with Crippen molar-refractivity contribution in [2.24, 2.45) is 0 Å². The highest BCUT2D eigenvalue weighted by Gasteiger charge is 2.42. The van der Waals surface area contributed by atoms with Gasteiger partial charge in [0.25, 0.3) is 0 Å². The molecule has 3 nitrogen and oxygen atoms in total. The number of likely N-dealkylation sites (tertiary alicyclic amines) is 1. The Morgan fingerprint density at radius 3 is 2.68 bits per heavy atom. The minimum atomic E-state index is 0.260. The molecule has 0 N–H and O–H groups in total. The monoisotopic (exact) mass is 335 g/mol. The number of hydrogen-bond acceptors (Lipinski definition) is 3. The highest BCUT2D eigenvalue weighted by atomic mass is 15.2. The van der Waals surface area contributed by atoms with Crippen LogP contribution in [0.1, 0.15) is 35.1 Å². The van der Waals surface area contributed by atoms with E-state index >= 15 is 0 Å². The van der Waals surface area contributed by atoms with Gasteiger partial charge in [-0.25, -0.2) is 0 Å². The lowest BCUT2D eigenvalue weighted by Gasteiger charge is -2.51. The molecule has 132 valence electrons. The Kier molecular flexibility index (Phi) is 4.61. The number of rotatable bonds is 3. The van der Waals surface area contributed by atoms with E-state index in [1.165, 1.54) is 50.0 Å². The summed E-state index contributed by atoms with van der Waals surface area (Å²) < 4.78 is 0. The number of hydrogen-bond donors (Lipinski definition) is 0. The summed E-state index contributed by atoms with van der Waals surface area (Å²) in [4.78, 5) is 9.59. The number of piperidine rings is 1. The molecule has 3 heterocycles. The van der Waals surface area contributed by atoms with E-state index in [1.807, 2.05) is 12.4 Å². The molecule has 1 fully saturated rings. The van der Waals surface area contributed by atoms with Crippen molar-refractivity contribution in [3.8, 4) is 0 Å². The fourth-order valence-corrected chi connectivity index (χ4v) is 4.74. The van der Waals surface area contributed by atoms with E-state index < -0.39 is 0 Å². The van der Waals surface area contributed by atoms with Crippen molar-refractivity contribution < 1.29 is 0 Å². The molecule has 0 aliphatic carbocycles. The van der Waals surface area contributed by atoms with Crippen LogP contribution in [0, 0.1) is 6.92 Å². The third kappa shape index (κ3) is 3.23. The van der Waals surface area contributed by atoms with Crippen LogP contribution in [0.3, 0.4) is 0 Å². The number of pyridine rings is 1. The molecule has 1 aromatic heterocycles. The Bertz CT molecular complexity index is 732. The third-order valence-electron chi connectivity index (χ3n) is 6.30. The summed E-state index contributed by atoms with van der Waals surface area (Å²) in [6, 6.07) is 11.4. The van der Waals surface area contributed by atoms with Gasteiger partial charge in [0.15, 0.2) is 0 Å².